The first-order valence-electron chi connectivity index (χ1n) is 4.95. The maximum Gasteiger partial charge on any atom is 0.109 e. The first-order valence-corrected chi connectivity index (χ1v) is 4.95. The van der Waals surface area contributed by atoms with Gasteiger partial charge in [0.1, 0.15) is 5.60 Å². The molecule has 2 N–H and O–H groups in total. The molecule has 0 aromatic rings. The molecule has 0 radical (unpaired) electrons. The Morgan fingerprint density at radius 2 is 2.08 bits per heavy atom. The zero-order chi connectivity index (χ0) is 10.2. The highest BCUT2D eigenvalue weighted by Gasteiger charge is 2.41. The summed E-state index contributed by atoms with van der Waals surface area (Å²) >= 11 is 0. The van der Waals surface area contributed by atoms with Gasteiger partial charge >= 0.3 is 0 Å². The zero-order valence-electron chi connectivity index (χ0n) is 8.91. The minimum atomic E-state index is -1.03. The van der Waals surface area contributed by atoms with Gasteiger partial charge in [0.2, 0.25) is 0 Å². The minimum absolute atomic E-state index is 0.179. The summed E-state index contributed by atoms with van der Waals surface area (Å²) in [6.45, 7) is 7.73. The zero-order valence-corrected chi connectivity index (χ0v) is 8.91. The van der Waals surface area contributed by atoms with Gasteiger partial charge < -0.3 is 10.2 Å². The van der Waals surface area contributed by atoms with Gasteiger partial charge in [0.15, 0.2) is 0 Å². The van der Waals surface area contributed by atoms with Gasteiger partial charge in [-0.15, -0.1) is 0 Å². The van der Waals surface area contributed by atoms with Crippen molar-refractivity contribution in [1.82, 2.24) is 0 Å². The van der Waals surface area contributed by atoms with E-state index >= 15 is 0 Å². The van der Waals surface area contributed by atoms with Crippen LogP contribution in [0.3, 0.4) is 0 Å². The molecule has 2 unspecified atom stereocenters. The average molecular weight is 184 g/mol. The molecule has 76 valence electrons. The molecule has 1 aliphatic carbocycles. The minimum Gasteiger partial charge on any atom is -0.389 e. The Morgan fingerprint density at radius 1 is 1.54 bits per heavy atom. The van der Waals surface area contributed by atoms with E-state index in [2.05, 4.69) is 13.8 Å². The standard InChI is InChI=1S/C11H20O2/c1-7(2)9-6-5-8(3)11(4,13)10(9)12/h5,7,9-10,12-13H,6H2,1-4H3/t9-,10?,11?/m0/s1. The molecule has 0 heterocycles. The van der Waals surface area contributed by atoms with Gasteiger partial charge in [-0.1, -0.05) is 19.9 Å². The Bertz CT molecular complexity index is 216. The van der Waals surface area contributed by atoms with Crippen LogP contribution in [0.2, 0.25) is 0 Å². The second-order valence-electron chi connectivity index (χ2n) is 4.62. The smallest absolute Gasteiger partial charge is 0.109 e. The summed E-state index contributed by atoms with van der Waals surface area (Å²) in [6, 6.07) is 0. The summed E-state index contributed by atoms with van der Waals surface area (Å²) in [6.07, 6.45) is 2.29. The average Bonchev–Trinajstić information content (AvgIpc) is 2.01. The van der Waals surface area contributed by atoms with Gasteiger partial charge in [-0.05, 0) is 37.7 Å². The third-order valence-corrected chi connectivity index (χ3v) is 3.33. The Hall–Kier alpha value is -0.340. The molecule has 3 atom stereocenters. The van der Waals surface area contributed by atoms with E-state index in [4.69, 9.17) is 0 Å². The normalized spacial score (nSPS) is 40.7. The number of aliphatic hydroxyl groups is 2. The highest BCUT2D eigenvalue weighted by Crippen LogP contribution is 2.36. The summed E-state index contributed by atoms with van der Waals surface area (Å²) < 4.78 is 0. The van der Waals surface area contributed by atoms with Gasteiger partial charge in [-0.25, -0.2) is 0 Å². The van der Waals surface area contributed by atoms with Crippen LogP contribution in [-0.2, 0) is 0 Å². The predicted octanol–water partition coefficient (Wildman–Crippen LogP) is 1.72. The van der Waals surface area contributed by atoms with Crippen LogP contribution >= 0.6 is 0 Å². The van der Waals surface area contributed by atoms with E-state index in [-0.39, 0.29) is 5.92 Å². The van der Waals surface area contributed by atoms with Crippen molar-refractivity contribution < 1.29 is 10.2 Å². The highest BCUT2D eigenvalue weighted by molar-refractivity contribution is 5.20. The third kappa shape index (κ3) is 1.79. The molecular weight excluding hydrogens is 164 g/mol. The maximum atomic E-state index is 10.0. The molecule has 0 saturated carbocycles. The van der Waals surface area contributed by atoms with Crippen LogP contribution in [0.1, 0.15) is 34.1 Å². The van der Waals surface area contributed by atoms with Crippen molar-refractivity contribution in [3.63, 3.8) is 0 Å². The van der Waals surface area contributed by atoms with Crippen molar-refractivity contribution in [2.75, 3.05) is 0 Å². The second kappa shape index (κ2) is 3.43. The van der Waals surface area contributed by atoms with E-state index in [0.29, 0.717) is 5.92 Å². The molecule has 2 nitrogen and oxygen atoms in total. The van der Waals surface area contributed by atoms with Crippen LogP contribution in [0, 0.1) is 11.8 Å². The van der Waals surface area contributed by atoms with E-state index in [1.807, 2.05) is 13.0 Å². The summed E-state index contributed by atoms with van der Waals surface area (Å²) in [5.41, 5.74) is -0.149. The van der Waals surface area contributed by atoms with E-state index in [1.165, 1.54) is 0 Å². The van der Waals surface area contributed by atoms with Crippen molar-refractivity contribution in [1.29, 1.82) is 0 Å². The Morgan fingerprint density at radius 3 is 2.54 bits per heavy atom. The first kappa shape index (κ1) is 10.7. The summed E-state index contributed by atoms with van der Waals surface area (Å²) in [5.74, 6) is 0.588. The number of hydrogen-bond donors (Lipinski definition) is 2. The van der Waals surface area contributed by atoms with Gasteiger partial charge in [0, 0.05) is 0 Å². The van der Waals surface area contributed by atoms with Crippen LogP contribution in [0.5, 0.6) is 0 Å². The Kier molecular flexibility index (Phi) is 2.83. The summed E-state index contributed by atoms with van der Waals surface area (Å²) in [5, 5.41) is 20.0. The van der Waals surface area contributed by atoms with Gasteiger partial charge in [0.05, 0.1) is 6.10 Å². The maximum absolute atomic E-state index is 10.0. The summed E-state index contributed by atoms with van der Waals surface area (Å²) in [4.78, 5) is 0. The van der Waals surface area contributed by atoms with Crippen molar-refractivity contribution in [2.45, 2.75) is 45.8 Å². The number of hydrogen-bond acceptors (Lipinski definition) is 2. The van der Waals surface area contributed by atoms with E-state index in [1.54, 1.807) is 6.92 Å². The molecule has 13 heavy (non-hydrogen) atoms. The van der Waals surface area contributed by atoms with E-state index < -0.39 is 11.7 Å². The predicted molar refractivity (Wildman–Crippen MR) is 53.3 cm³/mol. The van der Waals surface area contributed by atoms with E-state index in [0.717, 1.165) is 12.0 Å². The van der Waals surface area contributed by atoms with Gasteiger partial charge in [-0.3, -0.25) is 0 Å². The molecule has 0 aliphatic heterocycles. The lowest BCUT2D eigenvalue weighted by molar-refractivity contribution is -0.0809. The molecule has 0 aromatic carbocycles. The summed E-state index contributed by atoms with van der Waals surface area (Å²) in [7, 11) is 0. The molecular formula is C11H20O2. The lowest BCUT2D eigenvalue weighted by Crippen LogP contribution is -2.48. The fraction of sp³-hybridized carbons (Fsp3) is 0.818. The van der Waals surface area contributed by atoms with Crippen LogP contribution in [0.15, 0.2) is 11.6 Å². The van der Waals surface area contributed by atoms with Crippen molar-refractivity contribution in [2.24, 2.45) is 11.8 Å². The SMILES string of the molecule is CC1=CC[C@@H](C(C)C)C(O)C1(C)O. The molecule has 0 bridgehead atoms. The molecule has 0 amide bonds. The lowest BCUT2D eigenvalue weighted by Gasteiger charge is -2.40. The topological polar surface area (TPSA) is 40.5 Å². The molecule has 1 rings (SSSR count). The fourth-order valence-electron chi connectivity index (χ4n) is 1.94. The van der Waals surface area contributed by atoms with E-state index in [9.17, 15) is 10.2 Å². The van der Waals surface area contributed by atoms with Gasteiger partial charge in [0.25, 0.3) is 0 Å². The quantitative estimate of drug-likeness (QED) is 0.609. The second-order valence-corrected chi connectivity index (χ2v) is 4.62. The monoisotopic (exact) mass is 184 g/mol. The van der Waals surface area contributed by atoms with Crippen LogP contribution in [0.25, 0.3) is 0 Å². The van der Waals surface area contributed by atoms with Crippen molar-refractivity contribution in [3.8, 4) is 0 Å². The van der Waals surface area contributed by atoms with Crippen LogP contribution < -0.4 is 0 Å². The number of rotatable bonds is 1. The fourth-order valence-corrected chi connectivity index (χ4v) is 1.94. The van der Waals surface area contributed by atoms with Crippen molar-refractivity contribution >= 4 is 0 Å². The molecule has 0 fully saturated rings. The Labute approximate surface area is 80.3 Å². The first-order chi connectivity index (χ1) is 5.87. The Balaban J connectivity index is 2.90. The third-order valence-electron chi connectivity index (χ3n) is 3.33. The van der Waals surface area contributed by atoms with Crippen molar-refractivity contribution in [3.05, 3.63) is 11.6 Å². The van der Waals surface area contributed by atoms with Crippen LogP contribution in [0.4, 0.5) is 0 Å². The van der Waals surface area contributed by atoms with Gasteiger partial charge in [-0.2, -0.15) is 0 Å². The van der Waals surface area contributed by atoms with Crippen LogP contribution in [-0.4, -0.2) is 21.9 Å². The molecule has 1 aliphatic rings. The lowest BCUT2D eigenvalue weighted by atomic mass is 9.72. The molecule has 0 aromatic heterocycles. The molecule has 2 heteroatoms. The highest BCUT2D eigenvalue weighted by atomic mass is 16.3. The molecule has 0 spiro atoms. The number of aliphatic hydroxyl groups excluding tert-OH is 1. The molecule has 0 saturated heterocycles. The number of allylic oxidation sites excluding steroid dienone is 1. The largest absolute Gasteiger partial charge is 0.389 e.